The number of carbonyl (C=O) groups excluding carboxylic acids is 3. The molecule has 2 rings (SSSR count). The lowest BCUT2D eigenvalue weighted by Gasteiger charge is -2.19. The minimum atomic E-state index is -0.768. The molecule has 2 amide bonds. The fraction of sp³-hybridized carbons (Fsp3) is 0.400. The topological polar surface area (TPSA) is 84.5 Å². The first-order valence-corrected chi connectivity index (χ1v) is 7.99. The normalized spacial score (nSPS) is 18.5. The van der Waals surface area contributed by atoms with Crippen molar-refractivity contribution < 1.29 is 19.1 Å². The number of nitrogens with one attached hydrogen (secondary N) is 2. The summed E-state index contributed by atoms with van der Waals surface area (Å²) in [6, 6.07) is 6.33. The quantitative estimate of drug-likeness (QED) is 0.549. The number of methoxy groups -OCH3 is 1. The lowest BCUT2D eigenvalue weighted by Crippen LogP contribution is -2.49. The average Bonchev–Trinajstić information content (AvgIpc) is 2.94. The van der Waals surface area contributed by atoms with Gasteiger partial charge in [-0.15, -0.1) is 0 Å². The summed E-state index contributed by atoms with van der Waals surface area (Å²) in [5.74, 6) is -1.00. The molecule has 1 aromatic rings. The highest BCUT2D eigenvalue weighted by molar-refractivity contribution is 14.1. The second-order valence-electron chi connectivity index (χ2n) is 5.07. The van der Waals surface area contributed by atoms with Crippen molar-refractivity contribution >= 4 is 40.4 Å². The van der Waals surface area contributed by atoms with Crippen LogP contribution in [0.15, 0.2) is 24.3 Å². The standard InChI is InChI=1S/C15H17IN2O4/c1-22-15(21)12(8-9-2-4-10(16)5-3-9)18-14(20)11-6-7-13(19)17-11/h2-5,11-12H,6-8H2,1H3,(H,17,19)(H,18,20)/t11-,12-/m1/s1. The molecule has 1 aliphatic rings. The summed E-state index contributed by atoms with van der Waals surface area (Å²) in [6.07, 6.45) is 1.12. The Bertz CT molecular complexity index is 573. The van der Waals surface area contributed by atoms with Crippen LogP contribution in [-0.2, 0) is 25.5 Å². The second kappa shape index (κ2) is 7.57. The zero-order valence-corrected chi connectivity index (χ0v) is 14.3. The molecule has 0 aromatic heterocycles. The fourth-order valence-corrected chi connectivity index (χ4v) is 2.63. The van der Waals surface area contributed by atoms with E-state index >= 15 is 0 Å². The molecular formula is C15H17IN2O4. The number of rotatable bonds is 5. The highest BCUT2D eigenvalue weighted by Crippen LogP contribution is 2.11. The molecule has 7 heteroatoms. The second-order valence-corrected chi connectivity index (χ2v) is 6.32. The van der Waals surface area contributed by atoms with Gasteiger partial charge in [-0.3, -0.25) is 9.59 Å². The summed E-state index contributed by atoms with van der Waals surface area (Å²) in [6.45, 7) is 0. The maximum Gasteiger partial charge on any atom is 0.328 e. The molecule has 0 unspecified atom stereocenters. The monoisotopic (exact) mass is 416 g/mol. The maximum absolute atomic E-state index is 12.1. The molecule has 1 heterocycles. The SMILES string of the molecule is COC(=O)[C@@H](Cc1ccc(I)cc1)NC(=O)[C@H]1CCC(=O)N1. The third-order valence-electron chi connectivity index (χ3n) is 3.47. The number of benzene rings is 1. The van der Waals surface area contributed by atoms with Gasteiger partial charge in [-0.05, 0) is 46.7 Å². The Balaban J connectivity index is 2.02. The Morgan fingerprint density at radius 1 is 1.41 bits per heavy atom. The Hall–Kier alpha value is -1.64. The van der Waals surface area contributed by atoms with Gasteiger partial charge in [-0.1, -0.05) is 12.1 Å². The van der Waals surface area contributed by atoms with Gasteiger partial charge in [0, 0.05) is 16.4 Å². The molecule has 0 bridgehead atoms. The largest absolute Gasteiger partial charge is 0.467 e. The minimum Gasteiger partial charge on any atom is -0.467 e. The summed E-state index contributed by atoms with van der Waals surface area (Å²) in [5, 5.41) is 5.25. The maximum atomic E-state index is 12.1. The van der Waals surface area contributed by atoms with Gasteiger partial charge < -0.3 is 15.4 Å². The van der Waals surface area contributed by atoms with Crippen LogP contribution in [0.5, 0.6) is 0 Å². The highest BCUT2D eigenvalue weighted by Gasteiger charge is 2.30. The zero-order chi connectivity index (χ0) is 16.1. The first-order valence-electron chi connectivity index (χ1n) is 6.91. The predicted molar refractivity (Wildman–Crippen MR) is 88.0 cm³/mol. The van der Waals surface area contributed by atoms with E-state index in [9.17, 15) is 14.4 Å². The van der Waals surface area contributed by atoms with E-state index in [0.29, 0.717) is 19.3 Å². The summed E-state index contributed by atoms with van der Waals surface area (Å²) in [4.78, 5) is 35.2. The Morgan fingerprint density at radius 2 is 2.09 bits per heavy atom. The summed E-state index contributed by atoms with van der Waals surface area (Å²) in [5.41, 5.74) is 0.923. The molecule has 1 saturated heterocycles. The third kappa shape index (κ3) is 4.43. The van der Waals surface area contributed by atoms with E-state index in [0.717, 1.165) is 9.13 Å². The van der Waals surface area contributed by atoms with Gasteiger partial charge in [0.25, 0.3) is 0 Å². The molecule has 1 fully saturated rings. The molecule has 0 spiro atoms. The van der Waals surface area contributed by atoms with E-state index in [1.165, 1.54) is 7.11 Å². The van der Waals surface area contributed by atoms with E-state index in [1.807, 2.05) is 24.3 Å². The molecule has 2 N–H and O–H groups in total. The number of ether oxygens (including phenoxy) is 1. The van der Waals surface area contributed by atoms with E-state index in [2.05, 4.69) is 33.2 Å². The molecule has 0 saturated carbocycles. The Kier molecular flexibility index (Phi) is 5.76. The average molecular weight is 416 g/mol. The van der Waals surface area contributed by atoms with Crippen molar-refractivity contribution in [3.05, 3.63) is 33.4 Å². The fourth-order valence-electron chi connectivity index (χ4n) is 2.27. The van der Waals surface area contributed by atoms with Crippen molar-refractivity contribution in [2.24, 2.45) is 0 Å². The molecule has 0 aliphatic carbocycles. The van der Waals surface area contributed by atoms with Crippen molar-refractivity contribution in [3.63, 3.8) is 0 Å². The van der Waals surface area contributed by atoms with Crippen molar-refractivity contribution in [1.29, 1.82) is 0 Å². The van der Waals surface area contributed by atoms with Crippen molar-refractivity contribution in [1.82, 2.24) is 10.6 Å². The number of hydrogen-bond acceptors (Lipinski definition) is 4. The first kappa shape index (κ1) is 16.7. The third-order valence-corrected chi connectivity index (χ3v) is 4.19. The van der Waals surface area contributed by atoms with Gasteiger partial charge in [-0.2, -0.15) is 0 Å². The molecule has 0 radical (unpaired) electrons. The first-order chi connectivity index (χ1) is 10.5. The van der Waals surface area contributed by atoms with Crippen LogP contribution >= 0.6 is 22.6 Å². The zero-order valence-electron chi connectivity index (χ0n) is 12.1. The lowest BCUT2D eigenvalue weighted by atomic mass is 10.1. The number of hydrogen-bond donors (Lipinski definition) is 2. The number of carbonyl (C=O) groups is 3. The van der Waals surface area contributed by atoms with Crippen molar-refractivity contribution in [2.45, 2.75) is 31.3 Å². The molecular weight excluding hydrogens is 399 g/mol. The van der Waals surface area contributed by atoms with Gasteiger partial charge in [0.2, 0.25) is 11.8 Å². The van der Waals surface area contributed by atoms with Crippen LogP contribution in [0.3, 0.4) is 0 Å². The lowest BCUT2D eigenvalue weighted by molar-refractivity contribution is -0.145. The number of halogens is 1. The van der Waals surface area contributed by atoms with E-state index in [-0.39, 0.29) is 11.8 Å². The van der Waals surface area contributed by atoms with Gasteiger partial charge in [-0.25, -0.2) is 4.79 Å². The van der Waals surface area contributed by atoms with Crippen molar-refractivity contribution in [3.8, 4) is 0 Å². The summed E-state index contributed by atoms with van der Waals surface area (Å²) in [7, 11) is 1.28. The van der Waals surface area contributed by atoms with Crippen LogP contribution in [0.25, 0.3) is 0 Å². The van der Waals surface area contributed by atoms with Crippen LogP contribution < -0.4 is 10.6 Å². The van der Waals surface area contributed by atoms with Crippen LogP contribution in [0.4, 0.5) is 0 Å². The van der Waals surface area contributed by atoms with E-state index < -0.39 is 18.1 Å². The Labute approximate surface area is 142 Å². The summed E-state index contributed by atoms with van der Waals surface area (Å²) >= 11 is 2.20. The van der Waals surface area contributed by atoms with Crippen molar-refractivity contribution in [2.75, 3.05) is 7.11 Å². The summed E-state index contributed by atoms with van der Waals surface area (Å²) < 4.78 is 5.84. The molecule has 2 atom stereocenters. The molecule has 118 valence electrons. The van der Waals surface area contributed by atoms with Gasteiger partial charge in [0.15, 0.2) is 0 Å². The highest BCUT2D eigenvalue weighted by atomic mass is 127. The molecule has 1 aromatic carbocycles. The van der Waals surface area contributed by atoms with Gasteiger partial charge in [0.05, 0.1) is 7.11 Å². The Morgan fingerprint density at radius 3 is 2.64 bits per heavy atom. The van der Waals surface area contributed by atoms with Crippen LogP contribution in [0, 0.1) is 3.57 Å². The van der Waals surface area contributed by atoms with Gasteiger partial charge in [0.1, 0.15) is 12.1 Å². The smallest absolute Gasteiger partial charge is 0.328 e. The molecule has 6 nitrogen and oxygen atoms in total. The van der Waals surface area contributed by atoms with Gasteiger partial charge >= 0.3 is 5.97 Å². The van der Waals surface area contributed by atoms with E-state index in [1.54, 1.807) is 0 Å². The number of amides is 2. The number of esters is 1. The van der Waals surface area contributed by atoms with Crippen LogP contribution in [0.2, 0.25) is 0 Å². The predicted octanol–water partition coefficient (Wildman–Crippen LogP) is 0.770. The minimum absolute atomic E-state index is 0.146. The van der Waals surface area contributed by atoms with E-state index in [4.69, 9.17) is 4.74 Å². The molecule has 1 aliphatic heterocycles. The van der Waals surface area contributed by atoms with Crippen LogP contribution in [0.1, 0.15) is 18.4 Å². The molecule has 22 heavy (non-hydrogen) atoms. The van der Waals surface area contributed by atoms with Crippen LogP contribution in [-0.4, -0.2) is 37.0 Å².